The van der Waals surface area contributed by atoms with E-state index < -0.39 is 5.91 Å². The van der Waals surface area contributed by atoms with Gasteiger partial charge in [0.2, 0.25) is 0 Å². The molecule has 0 aliphatic heterocycles. The van der Waals surface area contributed by atoms with Gasteiger partial charge in [0.15, 0.2) is 18.1 Å². The van der Waals surface area contributed by atoms with E-state index in [1.807, 2.05) is 62.4 Å². The number of carbonyl (C=O) groups is 2. The molecule has 0 aromatic heterocycles. The van der Waals surface area contributed by atoms with Crippen molar-refractivity contribution < 1.29 is 19.1 Å². The van der Waals surface area contributed by atoms with E-state index in [1.54, 1.807) is 18.2 Å². The number of nitriles is 1. The van der Waals surface area contributed by atoms with Crippen molar-refractivity contribution in [1.82, 2.24) is 0 Å². The predicted octanol–water partition coefficient (Wildman–Crippen LogP) is 5.64. The van der Waals surface area contributed by atoms with E-state index in [2.05, 4.69) is 26.6 Å². The zero-order valence-electron chi connectivity index (χ0n) is 19.5. The molecule has 0 atom stereocenters. The van der Waals surface area contributed by atoms with E-state index in [9.17, 15) is 14.9 Å². The summed E-state index contributed by atoms with van der Waals surface area (Å²) in [5, 5.41) is 15.1. The highest BCUT2D eigenvalue weighted by Crippen LogP contribution is 2.37. The zero-order chi connectivity index (χ0) is 25.4. The molecule has 7 nitrogen and oxygen atoms in total. The summed E-state index contributed by atoms with van der Waals surface area (Å²) in [6, 6.07) is 20.0. The maximum atomic E-state index is 12.6. The molecular weight excluding hydrogens is 510 g/mol. The number of amides is 2. The topological polar surface area (TPSA) is 100 Å². The summed E-state index contributed by atoms with van der Waals surface area (Å²) in [5.74, 6) is -0.184. The second-order valence-corrected chi connectivity index (χ2v) is 8.53. The van der Waals surface area contributed by atoms with Gasteiger partial charge < -0.3 is 20.1 Å². The molecule has 35 heavy (non-hydrogen) atoms. The van der Waals surface area contributed by atoms with Gasteiger partial charge >= 0.3 is 0 Å². The number of nitrogens with one attached hydrogen (secondary N) is 2. The highest BCUT2D eigenvalue weighted by Gasteiger charge is 2.16. The molecule has 8 heteroatoms. The van der Waals surface area contributed by atoms with Gasteiger partial charge in [-0.1, -0.05) is 30.3 Å². The van der Waals surface area contributed by atoms with Gasteiger partial charge in [0.05, 0.1) is 11.6 Å². The van der Waals surface area contributed by atoms with E-state index in [4.69, 9.17) is 9.47 Å². The van der Waals surface area contributed by atoms with Crippen LogP contribution in [0.15, 0.2) is 70.7 Å². The average molecular weight is 534 g/mol. The Hall–Kier alpha value is -4.09. The molecule has 0 fully saturated rings. The Labute approximate surface area is 212 Å². The van der Waals surface area contributed by atoms with Gasteiger partial charge in [0.25, 0.3) is 11.8 Å². The average Bonchev–Trinajstić information content (AvgIpc) is 2.82. The minimum atomic E-state index is -0.526. The Morgan fingerprint density at radius 2 is 1.83 bits per heavy atom. The number of ether oxygens (including phenoxy) is 2. The van der Waals surface area contributed by atoms with E-state index in [0.717, 1.165) is 11.1 Å². The first-order valence-corrected chi connectivity index (χ1v) is 11.5. The third kappa shape index (κ3) is 6.95. The molecule has 0 aliphatic carbocycles. The standard InChI is InChI=1S/C27H24BrN3O4/c1-17-7-6-9-21(11-17)30-27(33)20(15-29)12-19-13-22(28)26(24(14-19)34-3)35-16-25(32)31-23-10-5-4-8-18(23)2/h4-14H,16H2,1-3H3,(H,30,33)(H,31,32)/b20-12+. The van der Waals surface area contributed by atoms with Crippen LogP contribution in [-0.2, 0) is 9.59 Å². The number of para-hydroxylation sites is 1. The number of rotatable bonds is 8. The molecule has 0 aliphatic rings. The largest absolute Gasteiger partial charge is 0.493 e. The molecule has 2 N–H and O–H groups in total. The highest BCUT2D eigenvalue weighted by atomic mass is 79.9. The number of hydrogen-bond donors (Lipinski definition) is 2. The lowest BCUT2D eigenvalue weighted by atomic mass is 10.1. The Balaban J connectivity index is 1.75. The second-order valence-electron chi connectivity index (χ2n) is 7.68. The first-order chi connectivity index (χ1) is 16.8. The number of methoxy groups -OCH3 is 1. The molecular formula is C27H24BrN3O4. The third-order valence-electron chi connectivity index (χ3n) is 4.97. The fourth-order valence-electron chi connectivity index (χ4n) is 3.24. The van der Waals surface area contributed by atoms with Crippen LogP contribution < -0.4 is 20.1 Å². The Morgan fingerprint density at radius 1 is 1.06 bits per heavy atom. The number of anilines is 2. The minimum absolute atomic E-state index is 0.0771. The van der Waals surface area contributed by atoms with Crippen molar-refractivity contribution in [1.29, 1.82) is 5.26 Å². The molecule has 2 amide bonds. The number of benzene rings is 3. The van der Waals surface area contributed by atoms with E-state index in [-0.39, 0.29) is 18.1 Å². The van der Waals surface area contributed by atoms with Crippen molar-refractivity contribution in [2.24, 2.45) is 0 Å². The van der Waals surface area contributed by atoms with Crippen LogP contribution in [0.5, 0.6) is 11.5 Å². The fraction of sp³-hybridized carbons (Fsp3) is 0.148. The van der Waals surface area contributed by atoms with Crippen molar-refractivity contribution >= 4 is 45.2 Å². The summed E-state index contributed by atoms with van der Waals surface area (Å²) in [4.78, 5) is 25.0. The minimum Gasteiger partial charge on any atom is -0.493 e. The van der Waals surface area contributed by atoms with Crippen LogP contribution >= 0.6 is 15.9 Å². The third-order valence-corrected chi connectivity index (χ3v) is 5.56. The Bertz CT molecular complexity index is 1330. The number of aryl methyl sites for hydroxylation is 2. The van der Waals surface area contributed by atoms with Crippen LogP contribution in [0.4, 0.5) is 11.4 Å². The van der Waals surface area contributed by atoms with Crippen LogP contribution in [-0.4, -0.2) is 25.5 Å². The van der Waals surface area contributed by atoms with Gasteiger partial charge in [-0.05, 0) is 82.9 Å². The lowest BCUT2D eigenvalue weighted by Gasteiger charge is -2.14. The first kappa shape index (κ1) is 25.5. The van der Waals surface area contributed by atoms with Crippen molar-refractivity contribution in [3.63, 3.8) is 0 Å². The van der Waals surface area contributed by atoms with Gasteiger partial charge in [0.1, 0.15) is 11.6 Å². The fourth-order valence-corrected chi connectivity index (χ4v) is 3.81. The van der Waals surface area contributed by atoms with Crippen molar-refractivity contribution in [3.05, 3.63) is 87.4 Å². The van der Waals surface area contributed by atoms with E-state index in [1.165, 1.54) is 13.2 Å². The number of nitrogens with zero attached hydrogens (tertiary/aromatic N) is 1. The molecule has 178 valence electrons. The summed E-state index contributed by atoms with van der Waals surface area (Å²) in [5.41, 5.74) is 3.70. The van der Waals surface area contributed by atoms with E-state index in [0.29, 0.717) is 32.9 Å². The van der Waals surface area contributed by atoms with E-state index >= 15 is 0 Å². The van der Waals surface area contributed by atoms with Crippen LogP contribution in [0, 0.1) is 25.2 Å². The van der Waals surface area contributed by atoms with Gasteiger partial charge in [-0.15, -0.1) is 0 Å². The number of hydrogen-bond acceptors (Lipinski definition) is 5. The number of carbonyl (C=O) groups excluding carboxylic acids is 2. The normalized spacial score (nSPS) is 10.8. The first-order valence-electron chi connectivity index (χ1n) is 10.7. The summed E-state index contributed by atoms with van der Waals surface area (Å²) in [6.45, 7) is 3.58. The molecule has 0 spiro atoms. The smallest absolute Gasteiger partial charge is 0.266 e. The lowest BCUT2D eigenvalue weighted by molar-refractivity contribution is -0.118. The summed E-state index contributed by atoms with van der Waals surface area (Å²) < 4.78 is 11.6. The quantitative estimate of drug-likeness (QED) is 0.288. The van der Waals surface area contributed by atoms with Crippen LogP contribution in [0.3, 0.4) is 0 Å². The maximum Gasteiger partial charge on any atom is 0.266 e. The van der Waals surface area contributed by atoms with Crippen LogP contribution in [0.2, 0.25) is 0 Å². The molecule has 3 aromatic rings. The zero-order valence-corrected chi connectivity index (χ0v) is 21.1. The van der Waals surface area contributed by atoms with Gasteiger partial charge in [-0.2, -0.15) is 5.26 Å². The number of halogens is 1. The highest BCUT2D eigenvalue weighted by molar-refractivity contribution is 9.10. The van der Waals surface area contributed by atoms with Crippen molar-refractivity contribution in [2.75, 3.05) is 24.4 Å². The molecule has 0 radical (unpaired) electrons. The van der Waals surface area contributed by atoms with Gasteiger partial charge in [0, 0.05) is 11.4 Å². The maximum absolute atomic E-state index is 12.6. The molecule has 3 rings (SSSR count). The van der Waals surface area contributed by atoms with Crippen molar-refractivity contribution in [2.45, 2.75) is 13.8 Å². The molecule has 0 saturated carbocycles. The van der Waals surface area contributed by atoms with Crippen LogP contribution in [0.25, 0.3) is 6.08 Å². The van der Waals surface area contributed by atoms with Crippen LogP contribution in [0.1, 0.15) is 16.7 Å². The van der Waals surface area contributed by atoms with Gasteiger partial charge in [-0.3, -0.25) is 9.59 Å². The van der Waals surface area contributed by atoms with Gasteiger partial charge in [-0.25, -0.2) is 0 Å². The Kier molecular flexibility index (Phi) is 8.65. The summed E-state index contributed by atoms with van der Waals surface area (Å²) in [7, 11) is 1.46. The summed E-state index contributed by atoms with van der Waals surface area (Å²) >= 11 is 3.43. The van der Waals surface area contributed by atoms with Crippen molar-refractivity contribution in [3.8, 4) is 17.6 Å². The molecule has 0 bridgehead atoms. The Morgan fingerprint density at radius 3 is 2.51 bits per heavy atom. The monoisotopic (exact) mass is 533 g/mol. The lowest BCUT2D eigenvalue weighted by Crippen LogP contribution is -2.21. The molecule has 0 saturated heterocycles. The SMILES string of the molecule is COc1cc(/C=C(\C#N)C(=O)Nc2cccc(C)c2)cc(Br)c1OCC(=O)Nc1ccccc1C. The molecule has 3 aromatic carbocycles. The molecule has 0 heterocycles. The molecule has 0 unspecified atom stereocenters. The summed E-state index contributed by atoms with van der Waals surface area (Å²) in [6.07, 6.45) is 1.45. The predicted molar refractivity (Wildman–Crippen MR) is 139 cm³/mol. The second kappa shape index (κ2) is 11.9.